The van der Waals surface area contributed by atoms with Crippen molar-refractivity contribution in [1.29, 1.82) is 0 Å². The molecule has 0 spiro atoms. The van der Waals surface area contributed by atoms with Gasteiger partial charge in [0, 0.05) is 19.5 Å². The van der Waals surface area contributed by atoms with Crippen molar-refractivity contribution < 1.29 is 9.90 Å². The number of carbonyl (C=O) groups excluding carboxylic acids is 1. The van der Waals surface area contributed by atoms with E-state index in [-0.39, 0.29) is 12.5 Å². The quantitative estimate of drug-likeness (QED) is 0.824. The van der Waals surface area contributed by atoms with E-state index < -0.39 is 0 Å². The van der Waals surface area contributed by atoms with Crippen LogP contribution in [0.25, 0.3) is 0 Å². The maximum Gasteiger partial charge on any atom is 0.242 e. The third-order valence-corrected chi connectivity index (χ3v) is 2.74. The van der Waals surface area contributed by atoms with Gasteiger partial charge in [-0.05, 0) is 19.1 Å². The number of aliphatic hydroxyl groups is 1. The lowest BCUT2D eigenvalue weighted by Gasteiger charge is -2.27. The number of amides is 1. The molecule has 1 fully saturated rings. The molecule has 4 heteroatoms. The Kier molecular flexibility index (Phi) is 3.22. The third kappa shape index (κ3) is 2.08. The van der Waals surface area contributed by atoms with Gasteiger partial charge in [0.1, 0.15) is 0 Å². The summed E-state index contributed by atoms with van der Waals surface area (Å²) in [6, 6.07) is 7.84. The van der Waals surface area contributed by atoms with E-state index in [1.165, 1.54) is 5.56 Å². The van der Waals surface area contributed by atoms with Crippen LogP contribution in [0.4, 0.5) is 5.69 Å². The molecular weight excluding hydrogens is 204 g/mol. The Morgan fingerprint density at radius 1 is 1.31 bits per heavy atom. The fraction of sp³-hybridized carbons (Fsp3) is 0.417. The second kappa shape index (κ2) is 4.63. The van der Waals surface area contributed by atoms with Crippen LogP contribution in [-0.2, 0) is 4.79 Å². The zero-order valence-electron chi connectivity index (χ0n) is 9.39. The Hall–Kier alpha value is -1.39. The summed E-state index contributed by atoms with van der Waals surface area (Å²) in [5, 5.41) is 12.5. The normalized spacial score (nSPS) is 17.1. The number of aryl methyl sites for hydroxylation is 1. The van der Waals surface area contributed by atoms with Crippen LogP contribution in [0, 0.1) is 6.92 Å². The minimum atomic E-state index is 0.0651. The van der Waals surface area contributed by atoms with E-state index in [0.29, 0.717) is 19.5 Å². The van der Waals surface area contributed by atoms with Crippen molar-refractivity contribution in [2.24, 2.45) is 0 Å². The van der Waals surface area contributed by atoms with Gasteiger partial charge in [-0.3, -0.25) is 4.79 Å². The van der Waals surface area contributed by atoms with Crippen molar-refractivity contribution >= 4 is 11.6 Å². The molecule has 0 saturated carbocycles. The highest BCUT2D eigenvalue weighted by molar-refractivity contribution is 5.94. The lowest BCUT2D eigenvalue weighted by atomic mass is 10.2. The first-order chi connectivity index (χ1) is 7.72. The summed E-state index contributed by atoms with van der Waals surface area (Å²) in [5.74, 6) is 0.0947. The monoisotopic (exact) mass is 220 g/mol. The molecule has 86 valence electrons. The Bertz CT molecular complexity index is 375. The van der Waals surface area contributed by atoms with Gasteiger partial charge in [0.05, 0.1) is 12.3 Å². The van der Waals surface area contributed by atoms with Crippen molar-refractivity contribution in [3.63, 3.8) is 0 Å². The summed E-state index contributed by atoms with van der Waals surface area (Å²) in [6.07, 6.45) is 0.522. The summed E-state index contributed by atoms with van der Waals surface area (Å²) in [5.41, 5.74) is 2.05. The molecule has 0 bridgehead atoms. The third-order valence-electron chi connectivity index (χ3n) is 2.74. The van der Waals surface area contributed by atoms with E-state index in [4.69, 9.17) is 5.11 Å². The fourth-order valence-corrected chi connectivity index (χ4v) is 1.91. The van der Waals surface area contributed by atoms with Crippen LogP contribution < -0.4 is 5.01 Å². The molecule has 1 amide bonds. The molecule has 4 nitrogen and oxygen atoms in total. The van der Waals surface area contributed by atoms with Gasteiger partial charge >= 0.3 is 0 Å². The van der Waals surface area contributed by atoms with Gasteiger partial charge in [-0.25, -0.2) is 10.0 Å². The zero-order chi connectivity index (χ0) is 11.5. The van der Waals surface area contributed by atoms with Crippen molar-refractivity contribution in [3.05, 3.63) is 29.8 Å². The molecule has 0 atom stereocenters. The lowest BCUT2D eigenvalue weighted by molar-refractivity contribution is -0.118. The first kappa shape index (κ1) is 11.1. The van der Waals surface area contributed by atoms with Crippen molar-refractivity contribution in [3.8, 4) is 0 Å². The van der Waals surface area contributed by atoms with Gasteiger partial charge < -0.3 is 5.11 Å². The minimum Gasteiger partial charge on any atom is -0.395 e. The largest absolute Gasteiger partial charge is 0.395 e. The first-order valence-electron chi connectivity index (χ1n) is 5.47. The zero-order valence-corrected chi connectivity index (χ0v) is 9.39. The van der Waals surface area contributed by atoms with Crippen LogP contribution in [0.2, 0.25) is 0 Å². The van der Waals surface area contributed by atoms with Gasteiger partial charge in [0.15, 0.2) is 0 Å². The number of carbonyl (C=O) groups is 1. The molecule has 1 aromatic carbocycles. The summed E-state index contributed by atoms with van der Waals surface area (Å²) in [6.45, 7) is 3.27. The molecule has 2 rings (SSSR count). The molecule has 16 heavy (non-hydrogen) atoms. The molecule has 0 aromatic heterocycles. The highest BCUT2D eigenvalue weighted by Gasteiger charge is 2.29. The van der Waals surface area contributed by atoms with Gasteiger partial charge in [-0.2, -0.15) is 0 Å². The van der Waals surface area contributed by atoms with Gasteiger partial charge in [-0.1, -0.05) is 17.7 Å². The van der Waals surface area contributed by atoms with E-state index in [9.17, 15) is 4.79 Å². The molecule has 1 N–H and O–H groups in total. The number of hydrogen-bond acceptors (Lipinski definition) is 3. The predicted molar refractivity (Wildman–Crippen MR) is 61.9 cm³/mol. The maximum atomic E-state index is 11.7. The summed E-state index contributed by atoms with van der Waals surface area (Å²) in [4.78, 5) is 11.7. The standard InChI is InChI=1S/C12H16N2O2/c1-10-2-4-11(5-3-10)14-12(16)6-7-13(14)8-9-15/h2-5,15H,6-9H2,1H3. The number of β-amino-alcohol motifs (C(OH)–C–C–N with tert-alkyl or cyclic N) is 1. The number of hydrazine groups is 1. The number of anilines is 1. The Balaban J connectivity index is 2.22. The van der Waals surface area contributed by atoms with Gasteiger partial charge in [0.2, 0.25) is 5.91 Å². The minimum absolute atomic E-state index is 0.0651. The average Bonchev–Trinajstić information content (AvgIpc) is 2.62. The number of nitrogens with zero attached hydrogens (tertiary/aromatic N) is 2. The topological polar surface area (TPSA) is 43.8 Å². The second-order valence-electron chi connectivity index (χ2n) is 3.97. The van der Waals surface area contributed by atoms with Crippen LogP contribution in [-0.4, -0.2) is 35.7 Å². The molecule has 0 radical (unpaired) electrons. The Morgan fingerprint density at radius 3 is 2.62 bits per heavy atom. The molecule has 1 aliphatic rings. The predicted octanol–water partition coefficient (Wildman–Crippen LogP) is 0.941. The summed E-state index contributed by atoms with van der Waals surface area (Å²) in [7, 11) is 0. The smallest absolute Gasteiger partial charge is 0.242 e. The van der Waals surface area contributed by atoms with Crippen LogP contribution in [0.3, 0.4) is 0 Å². The van der Waals surface area contributed by atoms with Gasteiger partial charge in [0.25, 0.3) is 0 Å². The molecule has 0 aliphatic carbocycles. The van der Waals surface area contributed by atoms with Crippen LogP contribution in [0.15, 0.2) is 24.3 Å². The van der Waals surface area contributed by atoms with E-state index in [1.807, 2.05) is 36.2 Å². The van der Waals surface area contributed by atoms with E-state index in [2.05, 4.69) is 0 Å². The molecule has 1 saturated heterocycles. The number of hydrogen-bond donors (Lipinski definition) is 1. The molecule has 1 aliphatic heterocycles. The highest BCUT2D eigenvalue weighted by atomic mass is 16.3. The van der Waals surface area contributed by atoms with Crippen LogP contribution in [0.1, 0.15) is 12.0 Å². The van der Waals surface area contributed by atoms with E-state index >= 15 is 0 Å². The van der Waals surface area contributed by atoms with Gasteiger partial charge in [-0.15, -0.1) is 0 Å². The number of aliphatic hydroxyl groups excluding tert-OH is 1. The molecular formula is C12H16N2O2. The lowest BCUT2D eigenvalue weighted by Crippen LogP contribution is -2.40. The van der Waals surface area contributed by atoms with Crippen LogP contribution in [0.5, 0.6) is 0 Å². The molecule has 1 aromatic rings. The number of benzene rings is 1. The van der Waals surface area contributed by atoms with Crippen LogP contribution >= 0.6 is 0 Å². The molecule has 1 heterocycles. The Morgan fingerprint density at radius 2 is 2.00 bits per heavy atom. The summed E-state index contributed by atoms with van der Waals surface area (Å²) >= 11 is 0. The average molecular weight is 220 g/mol. The first-order valence-corrected chi connectivity index (χ1v) is 5.47. The SMILES string of the molecule is Cc1ccc(N2C(=O)CCN2CCO)cc1. The van der Waals surface area contributed by atoms with Crippen molar-refractivity contribution in [1.82, 2.24) is 5.01 Å². The molecule has 0 unspecified atom stereocenters. The second-order valence-corrected chi connectivity index (χ2v) is 3.97. The number of rotatable bonds is 3. The van der Waals surface area contributed by atoms with Crippen molar-refractivity contribution in [2.75, 3.05) is 24.7 Å². The Labute approximate surface area is 95.1 Å². The van der Waals surface area contributed by atoms with E-state index in [0.717, 1.165) is 5.69 Å². The maximum absolute atomic E-state index is 11.7. The van der Waals surface area contributed by atoms with E-state index in [1.54, 1.807) is 5.01 Å². The highest BCUT2D eigenvalue weighted by Crippen LogP contribution is 2.22. The van der Waals surface area contributed by atoms with Crippen molar-refractivity contribution in [2.45, 2.75) is 13.3 Å². The fourth-order valence-electron chi connectivity index (χ4n) is 1.91. The summed E-state index contributed by atoms with van der Waals surface area (Å²) < 4.78 is 0.